The Labute approximate surface area is 132 Å². The molecule has 112 valence electrons. The van der Waals surface area contributed by atoms with Crippen molar-refractivity contribution in [2.24, 2.45) is 0 Å². The lowest BCUT2D eigenvalue weighted by atomic mass is 9.95. The Morgan fingerprint density at radius 3 is 2.52 bits per heavy atom. The van der Waals surface area contributed by atoms with Crippen LogP contribution in [0.4, 0.5) is 10.2 Å². The van der Waals surface area contributed by atoms with Gasteiger partial charge in [-0.25, -0.2) is 9.37 Å². The molecule has 1 aliphatic rings. The molecule has 0 bridgehead atoms. The van der Waals surface area contributed by atoms with Crippen molar-refractivity contribution >= 4 is 21.7 Å². The van der Waals surface area contributed by atoms with Crippen LogP contribution in [0.2, 0.25) is 0 Å². The number of benzene rings is 1. The summed E-state index contributed by atoms with van der Waals surface area (Å²) in [5.74, 6) is 1.39. The Morgan fingerprint density at radius 2 is 2.00 bits per heavy atom. The van der Waals surface area contributed by atoms with E-state index in [1.807, 2.05) is 0 Å². The summed E-state index contributed by atoms with van der Waals surface area (Å²) in [6.07, 6.45) is 2.29. The molecule has 0 aliphatic heterocycles. The van der Waals surface area contributed by atoms with Crippen LogP contribution in [0, 0.1) is 5.82 Å². The first kappa shape index (κ1) is 14.6. The van der Waals surface area contributed by atoms with Crippen LogP contribution in [-0.2, 0) is 5.41 Å². The van der Waals surface area contributed by atoms with Crippen molar-refractivity contribution in [2.75, 3.05) is 5.73 Å². The van der Waals surface area contributed by atoms with Gasteiger partial charge >= 0.3 is 0 Å². The highest BCUT2D eigenvalue weighted by atomic mass is 79.9. The second-order valence-electron chi connectivity index (χ2n) is 6.64. The highest BCUT2D eigenvalue weighted by molar-refractivity contribution is 9.10. The van der Waals surface area contributed by atoms with Crippen molar-refractivity contribution in [1.82, 2.24) is 9.55 Å². The van der Waals surface area contributed by atoms with Gasteiger partial charge in [0.05, 0.1) is 0 Å². The second-order valence-corrected chi connectivity index (χ2v) is 7.50. The van der Waals surface area contributed by atoms with Crippen molar-refractivity contribution in [2.45, 2.75) is 45.1 Å². The van der Waals surface area contributed by atoms with Gasteiger partial charge in [0.25, 0.3) is 0 Å². The van der Waals surface area contributed by atoms with Crippen LogP contribution >= 0.6 is 15.9 Å². The van der Waals surface area contributed by atoms with Crippen LogP contribution in [0.1, 0.15) is 45.5 Å². The first-order chi connectivity index (χ1) is 9.79. The van der Waals surface area contributed by atoms with E-state index in [0.29, 0.717) is 16.3 Å². The van der Waals surface area contributed by atoms with Crippen LogP contribution in [0.3, 0.4) is 0 Å². The van der Waals surface area contributed by atoms with Crippen molar-refractivity contribution in [3.8, 4) is 11.3 Å². The Morgan fingerprint density at radius 1 is 1.33 bits per heavy atom. The number of imidazole rings is 1. The summed E-state index contributed by atoms with van der Waals surface area (Å²) in [6.45, 7) is 6.41. The minimum absolute atomic E-state index is 0.0819. The second kappa shape index (κ2) is 4.83. The number of nitrogens with zero attached hydrogens (tertiary/aromatic N) is 2. The summed E-state index contributed by atoms with van der Waals surface area (Å²) >= 11 is 3.41. The molecule has 1 aromatic heterocycles. The van der Waals surface area contributed by atoms with Gasteiger partial charge in [0.1, 0.15) is 23.2 Å². The van der Waals surface area contributed by atoms with Gasteiger partial charge in [-0.3, -0.25) is 0 Å². The molecule has 3 nitrogen and oxygen atoms in total. The molecule has 1 aliphatic carbocycles. The first-order valence-electron chi connectivity index (χ1n) is 7.12. The van der Waals surface area contributed by atoms with E-state index in [2.05, 4.69) is 41.3 Å². The molecule has 0 radical (unpaired) electrons. The fraction of sp³-hybridized carbons (Fsp3) is 0.438. The highest BCUT2D eigenvalue weighted by Crippen LogP contribution is 2.44. The van der Waals surface area contributed by atoms with Crippen LogP contribution in [0.25, 0.3) is 11.3 Å². The SMILES string of the molecule is CC(C)(C)c1nc(-c2ccc(F)cc2Br)c(N)n1C1CC1. The van der Waals surface area contributed by atoms with Gasteiger partial charge in [-0.05, 0) is 47.0 Å². The molecule has 0 spiro atoms. The quantitative estimate of drug-likeness (QED) is 0.854. The third-order valence-electron chi connectivity index (χ3n) is 3.72. The van der Waals surface area contributed by atoms with E-state index in [0.717, 1.165) is 29.9 Å². The van der Waals surface area contributed by atoms with Crippen LogP contribution < -0.4 is 5.73 Å². The fourth-order valence-corrected chi connectivity index (χ4v) is 3.10. The molecule has 0 saturated heterocycles. The van der Waals surface area contributed by atoms with E-state index in [1.165, 1.54) is 12.1 Å². The molecule has 0 amide bonds. The van der Waals surface area contributed by atoms with Crippen LogP contribution in [0.15, 0.2) is 22.7 Å². The summed E-state index contributed by atoms with van der Waals surface area (Å²) in [5, 5.41) is 0. The predicted molar refractivity (Wildman–Crippen MR) is 86.7 cm³/mol. The van der Waals surface area contributed by atoms with Crippen molar-refractivity contribution in [3.63, 3.8) is 0 Å². The molecular formula is C16H19BrFN3. The predicted octanol–water partition coefficient (Wildman–Crippen LogP) is 4.67. The maximum atomic E-state index is 13.3. The van der Waals surface area contributed by atoms with Crippen molar-refractivity contribution in [1.29, 1.82) is 0 Å². The lowest BCUT2D eigenvalue weighted by Gasteiger charge is -2.20. The first-order valence-corrected chi connectivity index (χ1v) is 7.92. The Hall–Kier alpha value is -1.36. The molecular weight excluding hydrogens is 333 g/mol. The zero-order chi connectivity index (χ0) is 15.4. The van der Waals surface area contributed by atoms with Gasteiger partial charge in [0.15, 0.2) is 0 Å². The molecule has 3 rings (SSSR count). The summed E-state index contributed by atoms with van der Waals surface area (Å²) in [6, 6.07) is 5.07. The summed E-state index contributed by atoms with van der Waals surface area (Å²) < 4.78 is 16.1. The average molecular weight is 352 g/mol. The molecule has 2 aromatic rings. The monoisotopic (exact) mass is 351 g/mol. The lowest BCUT2D eigenvalue weighted by Crippen LogP contribution is -2.19. The maximum absolute atomic E-state index is 13.3. The number of aromatic nitrogens is 2. The standard InChI is InChI=1S/C16H19BrFN3/c1-16(2,3)15-20-13(14(19)21(15)10-5-6-10)11-7-4-9(18)8-12(11)17/h4,7-8,10H,5-6,19H2,1-3H3. The molecule has 21 heavy (non-hydrogen) atoms. The van der Waals surface area contributed by atoms with E-state index in [4.69, 9.17) is 10.7 Å². The molecule has 0 unspecified atom stereocenters. The lowest BCUT2D eigenvalue weighted by molar-refractivity contribution is 0.504. The zero-order valence-corrected chi connectivity index (χ0v) is 14.0. The van der Waals surface area contributed by atoms with E-state index >= 15 is 0 Å². The van der Waals surface area contributed by atoms with Gasteiger partial charge in [-0.2, -0.15) is 0 Å². The third kappa shape index (κ3) is 2.59. The minimum Gasteiger partial charge on any atom is -0.383 e. The van der Waals surface area contributed by atoms with Gasteiger partial charge in [-0.1, -0.05) is 20.8 Å². The average Bonchev–Trinajstić information content (AvgIpc) is 3.13. The van der Waals surface area contributed by atoms with E-state index in [9.17, 15) is 4.39 Å². The minimum atomic E-state index is -0.276. The Kier molecular flexibility index (Phi) is 3.35. The zero-order valence-electron chi connectivity index (χ0n) is 12.5. The van der Waals surface area contributed by atoms with Crippen molar-refractivity contribution in [3.05, 3.63) is 34.3 Å². The van der Waals surface area contributed by atoms with Gasteiger partial charge in [0.2, 0.25) is 0 Å². The normalized spacial score (nSPS) is 15.5. The number of hydrogen-bond donors (Lipinski definition) is 1. The Bertz CT molecular complexity index is 696. The number of nitrogens with two attached hydrogens (primary N) is 1. The summed E-state index contributed by atoms with van der Waals surface area (Å²) in [4.78, 5) is 4.79. The van der Waals surface area contributed by atoms with E-state index in [-0.39, 0.29) is 11.2 Å². The highest BCUT2D eigenvalue weighted by Gasteiger charge is 2.34. The molecule has 2 N–H and O–H groups in total. The number of hydrogen-bond acceptors (Lipinski definition) is 2. The summed E-state index contributed by atoms with van der Waals surface area (Å²) in [5.41, 5.74) is 7.85. The molecule has 1 heterocycles. The number of nitrogen functional groups attached to an aromatic ring is 1. The third-order valence-corrected chi connectivity index (χ3v) is 4.37. The van der Waals surface area contributed by atoms with E-state index < -0.39 is 0 Å². The van der Waals surface area contributed by atoms with Crippen molar-refractivity contribution < 1.29 is 4.39 Å². The number of anilines is 1. The molecule has 1 saturated carbocycles. The van der Waals surface area contributed by atoms with Gasteiger partial charge in [0, 0.05) is 21.5 Å². The number of rotatable bonds is 2. The van der Waals surface area contributed by atoms with Crippen LogP contribution in [-0.4, -0.2) is 9.55 Å². The Balaban J connectivity index is 2.20. The molecule has 0 atom stereocenters. The fourth-order valence-electron chi connectivity index (χ4n) is 2.56. The van der Waals surface area contributed by atoms with Gasteiger partial charge < -0.3 is 10.3 Å². The summed E-state index contributed by atoms with van der Waals surface area (Å²) in [7, 11) is 0. The maximum Gasteiger partial charge on any atom is 0.132 e. The van der Waals surface area contributed by atoms with E-state index in [1.54, 1.807) is 6.07 Å². The molecule has 5 heteroatoms. The number of halogens is 2. The molecule has 1 fully saturated rings. The molecule has 1 aromatic carbocycles. The van der Waals surface area contributed by atoms with Gasteiger partial charge in [-0.15, -0.1) is 0 Å². The topological polar surface area (TPSA) is 43.8 Å². The van der Waals surface area contributed by atoms with Crippen LogP contribution in [0.5, 0.6) is 0 Å². The largest absolute Gasteiger partial charge is 0.383 e. The smallest absolute Gasteiger partial charge is 0.132 e.